The van der Waals surface area contributed by atoms with Crippen molar-refractivity contribution in [1.29, 1.82) is 0 Å². The first-order chi connectivity index (χ1) is 10.7. The van der Waals surface area contributed by atoms with E-state index in [1.807, 2.05) is 0 Å². The molecule has 0 unspecified atom stereocenters. The van der Waals surface area contributed by atoms with Crippen molar-refractivity contribution in [3.8, 4) is 0 Å². The highest BCUT2D eigenvalue weighted by Gasteiger charge is 2.41. The molecule has 0 saturated carbocycles. The second kappa shape index (κ2) is 6.02. The predicted molar refractivity (Wildman–Crippen MR) is 76.1 cm³/mol. The predicted octanol–water partition coefficient (Wildman–Crippen LogP) is 0.781. The Hall–Kier alpha value is -2.61. The Kier molecular flexibility index (Phi) is 3.92. The maximum atomic E-state index is 11.6. The van der Waals surface area contributed by atoms with E-state index in [1.54, 1.807) is 19.3 Å². The Balaban J connectivity index is 1.76. The van der Waals surface area contributed by atoms with Crippen LogP contribution in [0.15, 0.2) is 31.1 Å². The van der Waals surface area contributed by atoms with Gasteiger partial charge in [0.2, 0.25) is 5.95 Å². The molecule has 0 aliphatic carbocycles. The third kappa shape index (κ3) is 2.73. The second-order valence-electron chi connectivity index (χ2n) is 4.84. The van der Waals surface area contributed by atoms with Gasteiger partial charge in [0.25, 0.3) is 0 Å². The van der Waals surface area contributed by atoms with E-state index in [0.717, 1.165) is 5.56 Å². The van der Waals surface area contributed by atoms with Gasteiger partial charge in [-0.25, -0.2) is 24.7 Å². The van der Waals surface area contributed by atoms with Crippen LogP contribution in [-0.2, 0) is 15.0 Å². The van der Waals surface area contributed by atoms with Crippen LogP contribution in [0.5, 0.6) is 0 Å². The molecule has 0 amide bonds. The van der Waals surface area contributed by atoms with E-state index in [-0.39, 0.29) is 0 Å². The van der Waals surface area contributed by atoms with Crippen molar-refractivity contribution >= 4 is 11.9 Å². The standard InChI is InChI=1S/C14H15N5O3/c1-2-22-12(20)10-3-17-13(18-4-10)19-14(7-21-8-14)11-5-15-9-16-6-11/h3-6,9H,2,7-8H2,1H3,(H,17,18,19). The van der Waals surface area contributed by atoms with Crippen LogP contribution in [0.1, 0.15) is 22.8 Å². The summed E-state index contributed by atoms with van der Waals surface area (Å²) in [6.07, 6.45) is 7.80. The third-order valence-corrected chi connectivity index (χ3v) is 3.32. The number of anilines is 1. The van der Waals surface area contributed by atoms with Crippen LogP contribution < -0.4 is 5.32 Å². The molecule has 1 aliphatic heterocycles. The van der Waals surface area contributed by atoms with Crippen molar-refractivity contribution in [1.82, 2.24) is 19.9 Å². The molecule has 3 rings (SSSR count). The Morgan fingerprint density at radius 3 is 2.50 bits per heavy atom. The van der Waals surface area contributed by atoms with Gasteiger partial charge in [-0.2, -0.15) is 0 Å². The van der Waals surface area contributed by atoms with Gasteiger partial charge in [-0.15, -0.1) is 0 Å². The van der Waals surface area contributed by atoms with Gasteiger partial charge in [-0.3, -0.25) is 0 Å². The van der Waals surface area contributed by atoms with Crippen molar-refractivity contribution in [2.45, 2.75) is 12.5 Å². The van der Waals surface area contributed by atoms with Crippen molar-refractivity contribution in [2.24, 2.45) is 0 Å². The van der Waals surface area contributed by atoms with E-state index in [4.69, 9.17) is 9.47 Å². The van der Waals surface area contributed by atoms with Crippen LogP contribution in [0.4, 0.5) is 5.95 Å². The highest BCUT2D eigenvalue weighted by molar-refractivity contribution is 5.88. The van der Waals surface area contributed by atoms with Crippen LogP contribution in [0.25, 0.3) is 0 Å². The van der Waals surface area contributed by atoms with Crippen LogP contribution in [0, 0.1) is 0 Å². The fraction of sp³-hybridized carbons (Fsp3) is 0.357. The van der Waals surface area contributed by atoms with Crippen LogP contribution in [0.2, 0.25) is 0 Å². The van der Waals surface area contributed by atoms with Crippen LogP contribution >= 0.6 is 0 Å². The number of carbonyl (C=O) groups excluding carboxylic acids is 1. The molecule has 0 radical (unpaired) electrons. The average molecular weight is 301 g/mol. The SMILES string of the molecule is CCOC(=O)c1cnc(NC2(c3cncnc3)COC2)nc1. The molecule has 2 aromatic heterocycles. The molecule has 0 spiro atoms. The summed E-state index contributed by atoms with van der Waals surface area (Å²) in [5.41, 5.74) is 0.779. The van der Waals surface area contributed by atoms with E-state index in [1.165, 1.54) is 18.7 Å². The quantitative estimate of drug-likeness (QED) is 0.809. The van der Waals surface area contributed by atoms with Crippen molar-refractivity contribution in [3.05, 3.63) is 42.2 Å². The molecule has 1 saturated heterocycles. The maximum absolute atomic E-state index is 11.6. The fourth-order valence-corrected chi connectivity index (χ4v) is 2.09. The molecular weight excluding hydrogens is 286 g/mol. The van der Waals surface area contributed by atoms with Crippen LogP contribution in [0.3, 0.4) is 0 Å². The second-order valence-corrected chi connectivity index (χ2v) is 4.84. The average Bonchev–Trinajstić information content (AvgIpc) is 2.52. The number of rotatable bonds is 5. The van der Waals surface area contributed by atoms with E-state index in [2.05, 4.69) is 25.3 Å². The number of esters is 1. The van der Waals surface area contributed by atoms with Gasteiger partial charge in [0.15, 0.2) is 0 Å². The summed E-state index contributed by atoms with van der Waals surface area (Å²) in [5.74, 6) is -0.0348. The van der Waals surface area contributed by atoms with Gasteiger partial charge in [0, 0.05) is 30.4 Å². The van der Waals surface area contributed by atoms with E-state index in [0.29, 0.717) is 31.3 Å². The van der Waals surface area contributed by atoms with Crippen molar-refractivity contribution in [2.75, 3.05) is 25.1 Å². The minimum Gasteiger partial charge on any atom is -0.462 e. The normalized spacial score (nSPS) is 15.7. The molecule has 2 aromatic rings. The van der Waals surface area contributed by atoms with E-state index in [9.17, 15) is 4.79 Å². The molecule has 0 aromatic carbocycles. The monoisotopic (exact) mass is 301 g/mol. The Labute approximate surface area is 126 Å². The molecule has 114 valence electrons. The highest BCUT2D eigenvalue weighted by Crippen LogP contribution is 2.31. The molecule has 8 nitrogen and oxygen atoms in total. The first-order valence-corrected chi connectivity index (χ1v) is 6.84. The first-order valence-electron chi connectivity index (χ1n) is 6.84. The topological polar surface area (TPSA) is 99.1 Å². The molecule has 1 fully saturated rings. The minimum absolute atomic E-state index is 0.313. The van der Waals surface area contributed by atoms with E-state index >= 15 is 0 Å². The zero-order valence-electron chi connectivity index (χ0n) is 12.0. The number of hydrogen-bond acceptors (Lipinski definition) is 8. The number of ether oxygens (including phenoxy) is 2. The van der Waals surface area contributed by atoms with Gasteiger partial charge >= 0.3 is 5.97 Å². The Morgan fingerprint density at radius 1 is 1.27 bits per heavy atom. The van der Waals surface area contributed by atoms with E-state index < -0.39 is 11.5 Å². The summed E-state index contributed by atoms with van der Waals surface area (Å²) >= 11 is 0. The lowest BCUT2D eigenvalue weighted by Crippen LogP contribution is -2.53. The lowest BCUT2D eigenvalue weighted by Gasteiger charge is -2.41. The van der Waals surface area contributed by atoms with Gasteiger partial charge < -0.3 is 14.8 Å². The largest absolute Gasteiger partial charge is 0.462 e. The van der Waals surface area contributed by atoms with Crippen molar-refractivity contribution in [3.63, 3.8) is 0 Å². The molecule has 3 heterocycles. The summed E-state index contributed by atoms with van der Waals surface area (Å²) in [5, 5.41) is 3.23. The lowest BCUT2D eigenvalue weighted by atomic mass is 9.90. The zero-order chi connectivity index (χ0) is 15.4. The molecule has 8 heteroatoms. The highest BCUT2D eigenvalue weighted by atomic mass is 16.5. The number of nitrogens with zero attached hydrogens (tertiary/aromatic N) is 4. The molecule has 1 N–H and O–H groups in total. The summed E-state index contributed by atoms with van der Waals surface area (Å²) < 4.78 is 10.2. The van der Waals surface area contributed by atoms with Gasteiger partial charge in [0.1, 0.15) is 11.9 Å². The number of carbonyl (C=O) groups is 1. The Bertz CT molecular complexity index is 643. The summed E-state index contributed by atoms with van der Waals surface area (Å²) in [6.45, 7) is 3.01. The summed E-state index contributed by atoms with van der Waals surface area (Å²) in [6, 6.07) is 0. The van der Waals surface area contributed by atoms with Gasteiger partial charge in [-0.05, 0) is 6.92 Å². The molecular formula is C14H15N5O3. The maximum Gasteiger partial charge on any atom is 0.341 e. The van der Waals surface area contributed by atoms with Crippen LogP contribution in [-0.4, -0.2) is 45.7 Å². The number of aromatic nitrogens is 4. The minimum atomic E-state index is -0.438. The van der Waals surface area contributed by atoms with Crippen molar-refractivity contribution < 1.29 is 14.3 Å². The van der Waals surface area contributed by atoms with Gasteiger partial charge in [0.05, 0.1) is 25.4 Å². The zero-order valence-corrected chi connectivity index (χ0v) is 12.0. The third-order valence-electron chi connectivity index (χ3n) is 3.32. The molecule has 1 aliphatic rings. The smallest absolute Gasteiger partial charge is 0.341 e. The first kappa shape index (κ1) is 14.3. The Morgan fingerprint density at radius 2 is 1.95 bits per heavy atom. The van der Waals surface area contributed by atoms with Gasteiger partial charge in [-0.1, -0.05) is 0 Å². The molecule has 0 atom stereocenters. The fourth-order valence-electron chi connectivity index (χ4n) is 2.09. The number of nitrogens with one attached hydrogen (secondary N) is 1. The summed E-state index contributed by atoms with van der Waals surface area (Å²) in [4.78, 5) is 27.9. The summed E-state index contributed by atoms with van der Waals surface area (Å²) in [7, 11) is 0. The number of hydrogen-bond donors (Lipinski definition) is 1. The molecule has 22 heavy (non-hydrogen) atoms. The lowest BCUT2D eigenvalue weighted by molar-refractivity contribution is -0.0454. The molecule has 0 bridgehead atoms.